The summed E-state index contributed by atoms with van der Waals surface area (Å²) in [7, 11) is 0. The van der Waals surface area contributed by atoms with Gasteiger partial charge in [-0.3, -0.25) is 0 Å². The SMILES string of the molecule is NC(=O)NCCNCC(O)COCC1CCCO1. The lowest BCUT2D eigenvalue weighted by Crippen LogP contribution is -2.38. The van der Waals surface area contributed by atoms with Gasteiger partial charge in [0.1, 0.15) is 0 Å². The van der Waals surface area contributed by atoms with Gasteiger partial charge < -0.3 is 30.9 Å². The number of hydrogen-bond acceptors (Lipinski definition) is 5. The van der Waals surface area contributed by atoms with Crippen LogP contribution in [-0.4, -0.2) is 62.8 Å². The Labute approximate surface area is 107 Å². The average molecular weight is 261 g/mol. The molecule has 7 heteroatoms. The molecule has 18 heavy (non-hydrogen) atoms. The summed E-state index contributed by atoms with van der Waals surface area (Å²) in [6, 6.07) is -0.544. The maximum absolute atomic E-state index is 10.4. The van der Waals surface area contributed by atoms with Gasteiger partial charge in [-0.25, -0.2) is 4.79 Å². The largest absolute Gasteiger partial charge is 0.389 e. The molecule has 2 amide bonds. The maximum Gasteiger partial charge on any atom is 0.312 e. The second-order valence-corrected chi connectivity index (χ2v) is 4.32. The second-order valence-electron chi connectivity index (χ2n) is 4.32. The van der Waals surface area contributed by atoms with Crippen LogP contribution in [0, 0.1) is 0 Å². The summed E-state index contributed by atoms with van der Waals surface area (Å²) in [6.45, 7) is 3.07. The molecule has 0 radical (unpaired) electrons. The van der Waals surface area contributed by atoms with Gasteiger partial charge in [0, 0.05) is 26.2 Å². The van der Waals surface area contributed by atoms with Crippen LogP contribution >= 0.6 is 0 Å². The Morgan fingerprint density at radius 3 is 3.06 bits per heavy atom. The zero-order valence-corrected chi connectivity index (χ0v) is 10.6. The summed E-state index contributed by atoms with van der Waals surface area (Å²) >= 11 is 0. The predicted octanol–water partition coefficient (Wildman–Crippen LogP) is -1.20. The van der Waals surface area contributed by atoms with E-state index in [1.165, 1.54) is 0 Å². The molecule has 106 valence electrons. The fourth-order valence-electron chi connectivity index (χ4n) is 1.71. The number of aliphatic hydroxyl groups excluding tert-OH is 1. The number of ether oxygens (including phenoxy) is 2. The first-order valence-corrected chi connectivity index (χ1v) is 6.30. The van der Waals surface area contributed by atoms with Crippen LogP contribution in [0.4, 0.5) is 4.79 Å². The number of carbonyl (C=O) groups excluding carboxylic acids is 1. The molecular weight excluding hydrogens is 238 g/mol. The minimum atomic E-state index is -0.556. The van der Waals surface area contributed by atoms with Crippen LogP contribution in [0.5, 0.6) is 0 Å². The van der Waals surface area contributed by atoms with Crippen molar-refractivity contribution in [3.8, 4) is 0 Å². The van der Waals surface area contributed by atoms with Gasteiger partial charge in [0.05, 0.1) is 25.4 Å². The van der Waals surface area contributed by atoms with Crippen molar-refractivity contribution in [1.82, 2.24) is 10.6 Å². The first-order chi connectivity index (χ1) is 8.68. The quantitative estimate of drug-likeness (QED) is 0.390. The third-order valence-electron chi connectivity index (χ3n) is 2.62. The molecule has 0 aromatic carbocycles. The van der Waals surface area contributed by atoms with E-state index in [2.05, 4.69) is 10.6 Å². The van der Waals surface area contributed by atoms with Crippen molar-refractivity contribution in [2.75, 3.05) is 39.5 Å². The smallest absolute Gasteiger partial charge is 0.312 e. The number of hydrogen-bond donors (Lipinski definition) is 4. The van der Waals surface area contributed by atoms with E-state index < -0.39 is 12.1 Å². The highest BCUT2D eigenvalue weighted by Crippen LogP contribution is 2.11. The highest BCUT2D eigenvalue weighted by atomic mass is 16.5. The number of primary amides is 1. The molecule has 1 aliphatic heterocycles. The lowest BCUT2D eigenvalue weighted by Gasteiger charge is -2.14. The lowest BCUT2D eigenvalue weighted by atomic mass is 10.2. The molecule has 0 spiro atoms. The van der Waals surface area contributed by atoms with Crippen molar-refractivity contribution in [3.05, 3.63) is 0 Å². The third kappa shape index (κ3) is 7.44. The van der Waals surface area contributed by atoms with Crippen LogP contribution in [-0.2, 0) is 9.47 Å². The van der Waals surface area contributed by atoms with Crippen molar-refractivity contribution in [2.24, 2.45) is 5.73 Å². The topological polar surface area (TPSA) is 106 Å². The molecule has 2 atom stereocenters. The Kier molecular flexibility index (Phi) is 7.66. The average Bonchev–Trinajstić information content (AvgIpc) is 2.81. The van der Waals surface area contributed by atoms with Crippen LogP contribution in [0.25, 0.3) is 0 Å². The van der Waals surface area contributed by atoms with Gasteiger partial charge in [-0.2, -0.15) is 0 Å². The standard InChI is InChI=1S/C11H23N3O4/c12-11(16)14-4-3-13-6-9(15)7-17-8-10-2-1-5-18-10/h9-10,13,15H,1-8H2,(H3,12,14,16). The molecule has 1 fully saturated rings. The van der Waals surface area contributed by atoms with Crippen LogP contribution < -0.4 is 16.4 Å². The zero-order valence-electron chi connectivity index (χ0n) is 10.6. The van der Waals surface area contributed by atoms with Gasteiger partial charge in [0.15, 0.2) is 0 Å². The Hall–Kier alpha value is -0.890. The Morgan fingerprint density at radius 2 is 2.39 bits per heavy atom. The summed E-state index contributed by atoms with van der Waals surface area (Å²) in [4.78, 5) is 10.4. The summed E-state index contributed by atoms with van der Waals surface area (Å²) in [5, 5.41) is 15.0. The fraction of sp³-hybridized carbons (Fsp3) is 0.909. The fourth-order valence-corrected chi connectivity index (χ4v) is 1.71. The van der Waals surface area contributed by atoms with E-state index >= 15 is 0 Å². The van der Waals surface area contributed by atoms with Gasteiger partial charge in [0.25, 0.3) is 0 Å². The molecule has 0 aromatic heterocycles. The molecule has 1 rings (SSSR count). The van der Waals surface area contributed by atoms with Crippen molar-refractivity contribution in [2.45, 2.75) is 25.0 Å². The van der Waals surface area contributed by atoms with E-state index in [0.717, 1.165) is 19.4 Å². The van der Waals surface area contributed by atoms with E-state index in [0.29, 0.717) is 26.2 Å². The Bertz CT molecular complexity index is 234. The summed E-state index contributed by atoms with van der Waals surface area (Å²) in [5.74, 6) is 0. The first-order valence-electron chi connectivity index (χ1n) is 6.30. The van der Waals surface area contributed by atoms with Crippen molar-refractivity contribution in [3.63, 3.8) is 0 Å². The Balaban J connectivity index is 1.87. The number of nitrogens with one attached hydrogen (secondary N) is 2. The Morgan fingerprint density at radius 1 is 1.56 bits per heavy atom. The molecule has 7 nitrogen and oxygen atoms in total. The highest BCUT2D eigenvalue weighted by Gasteiger charge is 2.15. The van der Waals surface area contributed by atoms with Crippen LogP contribution in [0.1, 0.15) is 12.8 Å². The highest BCUT2D eigenvalue weighted by molar-refractivity contribution is 5.71. The van der Waals surface area contributed by atoms with E-state index in [1.54, 1.807) is 0 Å². The third-order valence-corrected chi connectivity index (χ3v) is 2.62. The van der Waals surface area contributed by atoms with E-state index in [4.69, 9.17) is 15.2 Å². The van der Waals surface area contributed by atoms with Gasteiger partial charge in [-0.1, -0.05) is 0 Å². The minimum Gasteiger partial charge on any atom is -0.389 e. The molecule has 0 bridgehead atoms. The molecular formula is C11H23N3O4. The number of carbonyl (C=O) groups is 1. The molecule has 0 aliphatic carbocycles. The molecule has 0 aromatic rings. The van der Waals surface area contributed by atoms with Gasteiger partial charge >= 0.3 is 6.03 Å². The normalized spacial score (nSPS) is 20.8. The number of nitrogens with two attached hydrogens (primary N) is 1. The second kappa shape index (κ2) is 9.09. The molecule has 2 unspecified atom stereocenters. The summed E-state index contributed by atoms with van der Waals surface area (Å²) in [5.41, 5.74) is 4.90. The predicted molar refractivity (Wildman–Crippen MR) is 66.3 cm³/mol. The molecule has 0 saturated carbocycles. The van der Waals surface area contributed by atoms with Crippen molar-refractivity contribution < 1.29 is 19.4 Å². The first kappa shape index (κ1) is 15.2. The maximum atomic E-state index is 10.4. The summed E-state index contributed by atoms with van der Waals surface area (Å²) in [6.07, 6.45) is 1.75. The van der Waals surface area contributed by atoms with E-state index in [-0.39, 0.29) is 12.7 Å². The van der Waals surface area contributed by atoms with E-state index in [9.17, 15) is 9.90 Å². The molecule has 5 N–H and O–H groups in total. The van der Waals surface area contributed by atoms with Gasteiger partial charge in [0.2, 0.25) is 0 Å². The van der Waals surface area contributed by atoms with Gasteiger partial charge in [-0.05, 0) is 12.8 Å². The monoisotopic (exact) mass is 261 g/mol. The van der Waals surface area contributed by atoms with Crippen molar-refractivity contribution >= 4 is 6.03 Å². The number of urea groups is 1. The van der Waals surface area contributed by atoms with Crippen LogP contribution in [0.2, 0.25) is 0 Å². The number of amides is 2. The zero-order chi connectivity index (χ0) is 13.2. The molecule has 1 saturated heterocycles. The van der Waals surface area contributed by atoms with Crippen LogP contribution in [0.3, 0.4) is 0 Å². The summed E-state index contributed by atoms with van der Waals surface area (Å²) < 4.78 is 10.8. The van der Waals surface area contributed by atoms with Gasteiger partial charge in [-0.15, -0.1) is 0 Å². The van der Waals surface area contributed by atoms with Crippen LogP contribution in [0.15, 0.2) is 0 Å². The molecule has 1 aliphatic rings. The van der Waals surface area contributed by atoms with Crippen molar-refractivity contribution in [1.29, 1.82) is 0 Å². The number of rotatable bonds is 9. The number of aliphatic hydroxyl groups is 1. The lowest BCUT2D eigenvalue weighted by molar-refractivity contribution is -0.0163. The minimum absolute atomic E-state index is 0.185. The molecule has 1 heterocycles. The van der Waals surface area contributed by atoms with E-state index in [1.807, 2.05) is 0 Å².